The molecule has 2 unspecified atom stereocenters. The molecule has 0 amide bonds. The van der Waals surface area contributed by atoms with Crippen molar-refractivity contribution in [1.29, 1.82) is 0 Å². The van der Waals surface area contributed by atoms with Gasteiger partial charge in [0.25, 0.3) is 0 Å². The van der Waals surface area contributed by atoms with Gasteiger partial charge in [0.2, 0.25) is 8.32 Å². The van der Waals surface area contributed by atoms with Gasteiger partial charge in [-0.25, -0.2) is 0 Å². The number of carboxylic acid groups (broad SMARTS) is 1. The maximum atomic E-state index is 11.4. The van der Waals surface area contributed by atoms with Crippen molar-refractivity contribution in [3.63, 3.8) is 0 Å². The van der Waals surface area contributed by atoms with Crippen LogP contribution in [0.5, 0.6) is 0 Å². The Bertz CT molecular complexity index is 666. The van der Waals surface area contributed by atoms with Crippen LogP contribution in [-0.2, 0) is 17.8 Å². The maximum absolute atomic E-state index is 11.4. The Hall–Kier alpha value is -1.07. The maximum Gasteiger partial charge on any atom is 0.311 e. The minimum absolute atomic E-state index is 0.0698. The van der Waals surface area contributed by atoms with Crippen molar-refractivity contribution in [2.45, 2.75) is 83.9 Å². The van der Waals surface area contributed by atoms with Crippen molar-refractivity contribution in [1.82, 2.24) is 0 Å². The van der Waals surface area contributed by atoms with Gasteiger partial charge in [-0.3, -0.25) is 4.79 Å². The zero-order chi connectivity index (χ0) is 22.8. The molecule has 30 heavy (non-hydrogen) atoms. The van der Waals surface area contributed by atoms with E-state index in [1.54, 1.807) is 0 Å². The van der Waals surface area contributed by atoms with Crippen LogP contribution in [0.2, 0.25) is 44.8 Å². The van der Waals surface area contributed by atoms with Gasteiger partial charge < -0.3 is 18.1 Å². The Labute approximate surface area is 185 Å². The Balaban J connectivity index is 2.97. The summed E-state index contributed by atoms with van der Waals surface area (Å²) >= 11 is 0. The fraction of sp³-hybridized carbons (Fsp3) is 0.636. The van der Waals surface area contributed by atoms with Crippen LogP contribution in [0.25, 0.3) is 0 Å². The number of hydrogen-bond donors (Lipinski definition) is 1. The van der Waals surface area contributed by atoms with E-state index in [1.807, 2.05) is 18.2 Å². The monoisotopic (exact) mass is 468 g/mol. The van der Waals surface area contributed by atoms with Crippen molar-refractivity contribution in [3.05, 3.63) is 30.3 Å². The van der Waals surface area contributed by atoms with E-state index in [4.69, 9.17) is 8.23 Å². The molecule has 2 atom stereocenters. The minimum Gasteiger partial charge on any atom is -0.481 e. The summed E-state index contributed by atoms with van der Waals surface area (Å²) in [5.41, 5.74) is 0. The number of aliphatic carboxylic acids is 1. The lowest BCUT2D eigenvalue weighted by molar-refractivity contribution is -0.143. The summed E-state index contributed by atoms with van der Waals surface area (Å²) in [4.78, 5) is 22.2. The Morgan fingerprint density at radius 2 is 1.67 bits per heavy atom. The third-order valence-electron chi connectivity index (χ3n) is 5.45. The summed E-state index contributed by atoms with van der Waals surface area (Å²) < 4.78 is 13.6. The third kappa shape index (κ3) is 9.38. The summed E-state index contributed by atoms with van der Waals surface area (Å²) in [6, 6.07) is 12.3. The van der Waals surface area contributed by atoms with Crippen molar-refractivity contribution in [2.75, 3.05) is 0 Å². The van der Waals surface area contributed by atoms with Crippen molar-refractivity contribution < 1.29 is 22.9 Å². The van der Waals surface area contributed by atoms with Crippen LogP contribution < -0.4 is 5.19 Å². The highest BCUT2D eigenvalue weighted by atomic mass is 28.5. The molecule has 0 saturated heterocycles. The fourth-order valence-corrected chi connectivity index (χ4v) is 18.8. The quantitative estimate of drug-likeness (QED) is 0.280. The van der Waals surface area contributed by atoms with Gasteiger partial charge in [-0.1, -0.05) is 56.5 Å². The second-order valence-electron chi connectivity index (χ2n) is 9.39. The molecule has 170 valence electrons. The smallest absolute Gasteiger partial charge is 0.311 e. The number of benzene rings is 1. The predicted octanol–water partition coefficient (Wildman–Crippen LogP) is 5.28. The van der Waals surface area contributed by atoms with Crippen LogP contribution in [0.3, 0.4) is 0 Å². The molecule has 0 radical (unpaired) electrons. The molecule has 1 aromatic rings. The molecule has 0 aliphatic heterocycles. The lowest BCUT2D eigenvalue weighted by atomic mass is 10.0. The number of unbranched alkanes of at least 4 members (excludes halogenated alkanes) is 1. The number of carbonyl (C=O) groups is 2. The van der Waals surface area contributed by atoms with E-state index in [1.165, 1.54) is 18.0 Å². The van der Waals surface area contributed by atoms with Crippen molar-refractivity contribution in [2.24, 2.45) is 5.92 Å². The standard InChI is InChI=1S/C22H40O5Si3/c1-7-8-18-28(2,3)26-29(4,5)27-30(6,21-14-10-9-11-15-21)19-12-13-20(16-17-23)22(24)25/h9-11,14-15,17,20H,7-8,12-13,16,18-19H2,1-6H3,(H,24,25). The normalized spacial score (nSPS) is 15.4. The Kier molecular flexibility index (Phi) is 10.9. The van der Waals surface area contributed by atoms with Gasteiger partial charge in [-0.15, -0.1) is 0 Å². The molecule has 0 saturated carbocycles. The van der Waals surface area contributed by atoms with Gasteiger partial charge in [0, 0.05) is 6.42 Å². The summed E-state index contributed by atoms with van der Waals surface area (Å²) in [7, 11) is -6.50. The number of aldehydes is 1. The van der Waals surface area contributed by atoms with Crippen molar-refractivity contribution >= 4 is 42.6 Å². The van der Waals surface area contributed by atoms with Crippen LogP contribution >= 0.6 is 0 Å². The van der Waals surface area contributed by atoms with Gasteiger partial charge in [-0.2, -0.15) is 0 Å². The zero-order valence-electron chi connectivity index (χ0n) is 19.6. The van der Waals surface area contributed by atoms with Crippen LogP contribution in [0.4, 0.5) is 0 Å². The molecule has 0 bridgehead atoms. The van der Waals surface area contributed by atoms with E-state index in [2.05, 4.69) is 51.8 Å². The number of carbonyl (C=O) groups excluding carboxylic acids is 1. The fourth-order valence-electron chi connectivity index (χ4n) is 4.07. The molecule has 0 aliphatic carbocycles. The molecule has 8 heteroatoms. The lowest BCUT2D eigenvalue weighted by Gasteiger charge is -2.40. The first-order valence-corrected chi connectivity index (χ1v) is 19.6. The summed E-state index contributed by atoms with van der Waals surface area (Å²) in [5.74, 6) is -1.51. The largest absolute Gasteiger partial charge is 0.481 e. The van der Waals surface area contributed by atoms with Gasteiger partial charge in [0.05, 0.1) is 5.92 Å². The molecule has 0 aromatic heterocycles. The van der Waals surface area contributed by atoms with Crippen molar-refractivity contribution in [3.8, 4) is 0 Å². The first-order chi connectivity index (χ1) is 13.9. The van der Waals surface area contributed by atoms with E-state index in [0.29, 0.717) is 12.7 Å². The molecular weight excluding hydrogens is 428 g/mol. The first-order valence-electron chi connectivity index (χ1n) is 11.1. The minimum atomic E-state index is -2.37. The van der Waals surface area contributed by atoms with Crippen LogP contribution in [-0.4, -0.2) is 42.6 Å². The summed E-state index contributed by atoms with van der Waals surface area (Å²) in [6.45, 7) is 13.3. The van der Waals surface area contributed by atoms with Gasteiger partial charge >= 0.3 is 14.5 Å². The lowest BCUT2D eigenvalue weighted by Crippen LogP contribution is -2.58. The molecule has 1 aromatic carbocycles. The zero-order valence-corrected chi connectivity index (χ0v) is 22.6. The van der Waals surface area contributed by atoms with Crippen LogP contribution in [0.15, 0.2) is 30.3 Å². The molecule has 0 fully saturated rings. The number of hydrogen-bond acceptors (Lipinski definition) is 4. The van der Waals surface area contributed by atoms with E-state index in [0.717, 1.165) is 18.5 Å². The number of rotatable bonds is 15. The average molecular weight is 469 g/mol. The first kappa shape index (κ1) is 27.0. The second-order valence-corrected chi connectivity index (χ2v) is 21.4. The van der Waals surface area contributed by atoms with E-state index in [-0.39, 0.29) is 6.42 Å². The predicted molar refractivity (Wildman–Crippen MR) is 130 cm³/mol. The van der Waals surface area contributed by atoms with Gasteiger partial charge in [0.15, 0.2) is 8.32 Å². The molecule has 0 spiro atoms. The molecule has 1 rings (SSSR count). The topological polar surface area (TPSA) is 72.8 Å². The van der Waals surface area contributed by atoms with Crippen LogP contribution in [0, 0.1) is 5.92 Å². The second kappa shape index (κ2) is 12.1. The average Bonchev–Trinajstić information content (AvgIpc) is 2.65. The van der Waals surface area contributed by atoms with E-state index in [9.17, 15) is 14.7 Å². The summed E-state index contributed by atoms with van der Waals surface area (Å²) in [5, 5.41) is 10.6. The molecule has 0 heterocycles. The highest BCUT2D eigenvalue weighted by Gasteiger charge is 2.42. The SMILES string of the molecule is CCCC[Si](C)(C)O[Si](C)(C)O[Si](C)(CCCC(CC=O)C(=O)O)c1ccccc1. The van der Waals surface area contributed by atoms with Crippen LogP contribution in [0.1, 0.15) is 39.0 Å². The molecule has 1 N–H and O–H groups in total. The summed E-state index contributed by atoms with van der Waals surface area (Å²) in [6.07, 6.45) is 4.35. The molecular formula is C22H40O5Si3. The Morgan fingerprint density at radius 1 is 1.03 bits per heavy atom. The van der Waals surface area contributed by atoms with Gasteiger partial charge in [0.1, 0.15) is 6.29 Å². The Morgan fingerprint density at radius 3 is 2.20 bits per heavy atom. The number of carboxylic acids is 1. The van der Waals surface area contributed by atoms with E-state index >= 15 is 0 Å². The molecule has 0 aliphatic rings. The third-order valence-corrected chi connectivity index (χ3v) is 17.8. The highest BCUT2D eigenvalue weighted by Crippen LogP contribution is 2.27. The van der Waals surface area contributed by atoms with Gasteiger partial charge in [-0.05, 0) is 56.4 Å². The highest BCUT2D eigenvalue weighted by molar-refractivity contribution is 6.93. The molecule has 5 nitrogen and oxygen atoms in total. The van der Waals surface area contributed by atoms with E-state index < -0.39 is 37.1 Å².